The molecule has 0 atom stereocenters. The molecule has 0 radical (unpaired) electrons. The molecule has 0 spiro atoms. The Labute approximate surface area is 115 Å². The van der Waals surface area contributed by atoms with Gasteiger partial charge in [-0.15, -0.1) is 0 Å². The highest BCUT2D eigenvalue weighted by atomic mass is 16.5. The van der Waals surface area contributed by atoms with Crippen molar-refractivity contribution in [3.63, 3.8) is 0 Å². The zero-order chi connectivity index (χ0) is 14.5. The second kappa shape index (κ2) is 6.03. The highest BCUT2D eigenvalue weighted by Gasteiger charge is 2.09. The predicted octanol–water partition coefficient (Wildman–Crippen LogP) is 1.66. The third-order valence-electron chi connectivity index (χ3n) is 2.69. The van der Waals surface area contributed by atoms with Gasteiger partial charge < -0.3 is 9.15 Å². The van der Waals surface area contributed by atoms with Crippen LogP contribution in [0.4, 0.5) is 0 Å². The zero-order valence-electron chi connectivity index (χ0n) is 10.9. The van der Waals surface area contributed by atoms with Crippen LogP contribution in [-0.4, -0.2) is 11.7 Å². The lowest BCUT2D eigenvalue weighted by Gasteiger charge is -2.04. The van der Waals surface area contributed by atoms with Gasteiger partial charge in [-0.1, -0.05) is 0 Å². The maximum absolute atomic E-state index is 11.2. The van der Waals surface area contributed by atoms with Gasteiger partial charge in [0.05, 0.1) is 5.56 Å². The number of nitrogens with two attached hydrogens (primary N) is 1. The molecule has 2 rings (SSSR count). The fourth-order valence-electron chi connectivity index (χ4n) is 1.60. The topological polar surface area (TPSA) is 94.6 Å². The minimum absolute atomic E-state index is 0.0000216. The van der Waals surface area contributed by atoms with Crippen LogP contribution in [0.5, 0.6) is 5.75 Å². The Bertz CT molecular complexity index is 616. The van der Waals surface area contributed by atoms with Crippen molar-refractivity contribution < 1.29 is 18.7 Å². The van der Waals surface area contributed by atoms with Gasteiger partial charge in [0, 0.05) is 5.56 Å². The molecular weight excluding hydrogens is 260 g/mol. The molecule has 6 heteroatoms. The van der Waals surface area contributed by atoms with Crippen molar-refractivity contribution in [3.8, 4) is 5.75 Å². The summed E-state index contributed by atoms with van der Waals surface area (Å²) < 4.78 is 10.7. The number of ether oxygens (including phenoxy) is 1. The highest BCUT2D eigenvalue weighted by Crippen LogP contribution is 2.15. The molecule has 1 heterocycles. The van der Waals surface area contributed by atoms with E-state index in [9.17, 15) is 9.59 Å². The molecule has 20 heavy (non-hydrogen) atoms. The molecule has 0 unspecified atom stereocenters. The largest absolute Gasteiger partial charge is 0.486 e. The number of hydrazine groups is 1. The van der Waals surface area contributed by atoms with Crippen LogP contribution in [0.3, 0.4) is 0 Å². The van der Waals surface area contributed by atoms with E-state index in [0.717, 1.165) is 0 Å². The Balaban J connectivity index is 1.96. The normalized spacial score (nSPS) is 10.1. The summed E-state index contributed by atoms with van der Waals surface area (Å²) in [5.41, 5.74) is 2.97. The minimum atomic E-state index is -0.425. The molecule has 104 valence electrons. The highest BCUT2D eigenvalue weighted by molar-refractivity contribution is 5.94. The number of hydrogen-bond acceptors (Lipinski definition) is 5. The molecule has 3 N–H and O–H groups in total. The maximum Gasteiger partial charge on any atom is 0.268 e. The monoisotopic (exact) mass is 274 g/mol. The van der Waals surface area contributed by atoms with Gasteiger partial charge in [-0.2, -0.15) is 0 Å². The van der Waals surface area contributed by atoms with E-state index in [1.807, 2.05) is 5.43 Å². The van der Waals surface area contributed by atoms with Crippen LogP contribution in [0, 0.1) is 0 Å². The van der Waals surface area contributed by atoms with E-state index in [0.29, 0.717) is 22.6 Å². The quantitative estimate of drug-likeness (QED) is 0.374. The van der Waals surface area contributed by atoms with Crippen molar-refractivity contribution in [1.82, 2.24) is 5.43 Å². The van der Waals surface area contributed by atoms with Crippen LogP contribution in [-0.2, 0) is 6.61 Å². The van der Waals surface area contributed by atoms with E-state index in [4.69, 9.17) is 15.0 Å². The Morgan fingerprint density at radius 1 is 1.25 bits per heavy atom. The molecule has 0 fully saturated rings. The fraction of sp³-hybridized carbons (Fsp3) is 0.143. The summed E-state index contributed by atoms with van der Waals surface area (Å²) in [7, 11) is 0. The molecular formula is C14H14N2O4. The Morgan fingerprint density at radius 2 is 1.95 bits per heavy atom. The summed E-state index contributed by atoms with van der Waals surface area (Å²) in [5, 5.41) is 0. The number of furan rings is 1. The van der Waals surface area contributed by atoms with E-state index in [2.05, 4.69) is 0 Å². The van der Waals surface area contributed by atoms with Crippen LogP contribution in [0.2, 0.25) is 0 Å². The molecule has 0 aliphatic rings. The van der Waals surface area contributed by atoms with Gasteiger partial charge in [0.1, 0.15) is 24.4 Å². The van der Waals surface area contributed by atoms with Crippen LogP contribution >= 0.6 is 0 Å². The van der Waals surface area contributed by atoms with Gasteiger partial charge in [-0.3, -0.25) is 15.0 Å². The number of nitrogen functional groups attached to an aromatic ring is 1. The van der Waals surface area contributed by atoms with Crippen molar-refractivity contribution >= 4 is 11.7 Å². The number of carbonyl (C=O) groups is 2. The molecule has 1 aromatic heterocycles. The number of ketones is 1. The van der Waals surface area contributed by atoms with Gasteiger partial charge in [0.2, 0.25) is 0 Å². The standard InChI is InChI=1S/C14H14N2O4/c1-9(17)10-2-4-12(5-3-10)20-8-13-6-11(7-19-13)14(18)16-15/h2-7H,8,15H2,1H3,(H,16,18). The number of carbonyl (C=O) groups excluding carboxylic acids is 2. The third kappa shape index (κ3) is 3.24. The second-order valence-corrected chi connectivity index (χ2v) is 4.14. The molecule has 1 aromatic carbocycles. The Hall–Kier alpha value is -2.60. The summed E-state index contributed by atoms with van der Waals surface area (Å²) in [4.78, 5) is 22.4. The van der Waals surface area contributed by atoms with Gasteiger partial charge >= 0.3 is 0 Å². The van der Waals surface area contributed by atoms with Crippen LogP contribution < -0.4 is 16.0 Å². The van der Waals surface area contributed by atoms with E-state index >= 15 is 0 Å². The molecule has 2 aromatic rings. The Morgan fingerprint density at radius 3 is 2.55 bits per heavy atom. The molecule has 0 saturated carbocycles. The van der Waals surface area contributed by atoms with Gasteiger partial charge in [0.25, 0.3) is 5.91 Å². The fourth-order valence-corrected chi connectivity index (χ4v) is 1.60. The number of amides is 1. The SMILES string of the molecule is CC(=O)c1ccc(OCc2cc(C(=O)NN)co2)cc1. The van der Waals surface area contributed by atoms with Crippen molar-refractivity contribution in [3.05, 3.63) is 53.5 Å². The lowest BCUT2D eigenvalue weighted by atomic mass is 10.1. The van der Waals surface area contributed by atoms with Crippen LogP contribution in [0.25, 0.3) is 0 Å². The first-order chi connectivity index (χ1) is 9.60. The summed E-state index contributed by atoms with van der Waals surface area (Å²) in [6.45, 7) is 1.68. The average molecular weight is 274 g/mol. The Kier molecular flexibility index (Phi) is 4.17. The summed E-state index contributed by atoms with van der Waals surface area (Å²) in [6.07, 6.45) is 1.31. The number of benzene rings is 1. The third-order valence-corrected chi connectivity index (χ3v) is 2.69. The molecule has 0 bridgehead atoms. The van der Waals surface area contributed by atoms with Crippen LogP contribution in [0.15, 0.2) is 41.0 Å². The number of hydrogen-bond donors (Lipinski definition) is 2. The number of Topliss-reactive ketones (excluding diaryl/α,β-unsaturated/α-hetero) is 1. The first-order valence-electron chi connectivity index (χ1n) is 5.92. The van der Waals surface area contributed by atoms with Crippen molar-refractivity contribution in [2.75, 3.05) is 0 Å². The number of nitrogens with one attached hydrogen (secondary N) is 1. The van der Waals surface area contributed by atoms with E-state index in [1.54, 1.807) is 30.3 Å². The molecule has 0 aliphatic heterocycles. The smallest absolute Gasteiger partial charge is 0.268 e. The molecule has 0 saturated heterocycles. The molecule has 0 aliphatic carbocycles. The summed E-state index contributed by atoms with van der Waals surface area (Å²) in [6, 6.07) is 8.33. The van der Waals surface area contributed by atoms with E-state index < -0.39 is 5.91 Å². The lowest BCUT2D eigenvalue weighted by molar-refractivity contribution is 0.0952. The van der Waals surface area contributed by atoms with Gasteiger partial charge in [-0.25, -0.2) is 5.84 Å². The second-order valence-electron chi connectivity index (χ2n) is 4.14. The maximum atomic E-state index is 11.2. The van der Waals surface area contributed by atoms with Crippen molar-refractivity contribution in [2.45, 2.75) is 13.5 Å². The average Bonchev–Trinajstić information content (AvgIpc) is 2.93. The predicted molar refractivity (Wildman–Crippen MR) is 71.1 cm³/mol. The molecule has 1 amide bonds. The van der Waals surface area contributed by atoms with E-state index in [1.165, 1.54) is 13.2 Å². The summed E-state index contributed by atoms with van der Waals surface area (Å²) in [5.74, 6) is 5.70. The number of rotatable bonds is 5. The lowest BCUT2D eigenvalue weighted by Crippen LogP contribution is -2.29. The summed E-state index contributed by atoms with van der Waals surface area (Å²) >= 11 is 0. The van der Waals surface area contributed by atoms with Crippen LogP contribution in [0.1, 0.15) is 33.4 Å². The minimum Gasteiger partial charge on any atom is -0.486 e. The zero-order valence-corrected chi connectivity index (χ0v) is 10.9. The first-order valence-corrected chi connectivity index (χ1v) is 5.92. The first kappa shape index (κ1) is 13.8. The van der Waals surface area contributed by atoms with E-state index in [-0.39, 0.29) is 12.4 Å². The molecule has 6 nitrogen and oxygen atoms in total. The van der Waals surface area contributed by atoms with Gasteiger partial charge in [-0.05, 0) is 37.3 Å². The van der Waals surface area contributed by atoms with Crippen molar-refractivity contribution in [1.29, 1.82) is 0 Å². The van der Waals surface area contributed by atoms with Crippen molar-refractivity contribution in [2.24, 2.45) is 5.84 Å². The van der Waals surface area contributed by atoms with Gasteiger partial charge in [0.15, 0.2) is 5.78 Å².